The molecule has 1 aromatic heterocycles. The van der Waals surface area contributed by atoms with Crippen molar-refractivity contribution in [3.05, 3.63) is 11.1 Å². The molecule has 0 aromatic carbocycles. The van der Waals surface area contributed by atoms with Gasteiger partial charge in [0.1, 0.15) is 0 Å². The molecular formula is C20H29ClFN7O3. The van der Waals surface area contributed by atoms with Gasteiger partial charge in [-0.3, -0.25) is 30.5 Å². The first-order valence-corrected chi connectivity index (χ1v) is 11.4. The number of amides is 2. The van der Waals surface area contributed by atoms with E-state index in [1.807, 2.05) is 11.9 Å². The first-order chi connectivity index (χ1) is 15.4. The molecule has 2 amide bonds. The van der Waals surface area contributed by atoms with E-state index < -0.39 is 17.6 Å². The van der Waals surface area contributed by atoms with Gasteiger partial charge in [0.05, 0.1) is 12.5 Å². The van der Waals surface area contributed by atoms with Gasteiger partial charge in [-0.1, -0.05) is 25.7 Å². The second-order valence-corrected chi connectivity index (χ2v) is 9.38. The predicted molar refractivity (Wildman–Crippen MR) is 116 cm³/mol. The van der Waals surface area contributed by atoms with Gasteiger partial charge in [0, 0.05) is 25.2 Å². The number of carbonyl (C=O) groups is 2. The molecule has 1 aromatic rings. The van der Waals surface area contributed by atoms with E-state index in [9.17, 15) is 14.8 Å². The molecule has 3 atom stereocenters. The van der Waals surface area contributed by atoms with Crippen molar-refractivity contribution < 1.29 is 19.2 Å². The zero-order valence-corrected chi connectivity index (χ0v) is 18.8. The van der Waals surface area contributed by atoms with Crippen LogP contribution in [0.3, 0.4) is 0 Å². The molecule has 10 nitrogen and oxygen atoms in total. The fourth-order valence-corrected chi connectivity index (χ4v) is 5.38. The quantitative estimate of drug-likeness (QED) is 0.216. The number of carbonyl (C=O) groups excluding carboxylic acids is 2. The molecule has 0 spiro atoms. The topological polar surface area (TPSA) is 114 Å². The fourth-order valence-electron chi connectivity index (χ4n) is 5.21. The van der Waals surface area contributed by atoms with Gasteiger partial charge in [0.25, 0.3) is 0 Å². The number of anilines is 2. The largest absolute Gasteiger partial charge is 0.348 e. The van der Waals surface area contributed by atoms with Gasteiger partial charge in [0.2, 0.25) is 23.4 Å². The average molecular weight is 470 g/mol. The Balaban J connectivity index is 1.44. The van der Waals surface area contributed by atoms with Crippen LogP contribution >= 0.6 is 11.6 Å². The lowest BCUT2D eigenvalue weighted by Gasteiger charge is -2.33. The smallest absolute Gasteiger partial charge is 0.243 e. The van der Waals surface area contributed by atoms with Crippen molar-refractivity contribution in [3.8, 4) is 0 Å². The number of hydroxylamine groups is 2. The molecular weight excluding hydrogens is 441 g/mol. The Morgan fingerprint density at radius 2 is 2.09 bits per heavy atom. The maximum Gasteiger partial charge on any atom is 0.243 e. The molecule has 0 unspecified atom stereocenters. The number of likely N-dealkylation sites (N-methyl/N-ethyl adjacent to an activating group) is 1. The number of halogens is 2. The van der Waals surface area contributed by atoms with E-state index in [-0.39, 0.29) is 35.9 Å². The molecule has 3 aliphatic rings. The van der Waals surface area contributed by atoms with Crippen LogP contribution in [0.2, 0.25) is 5.28 Å². The van der Waals surface area contributed by atoms with Gasteiger partial charge in [-0.05, 0) is 37.4 Å². The van der Waals surface area contributed by atoms with Gasteiger partial charge in [0.15, 0.2) is 11.6 Å². The third kappa shape index (κ3) is 4.89. The number of aromatic nitrogens is 2. The monoisotopic (exact) mass is 469 g/mol. The van der Waals surface area contributed by atoms with Crippen molar-refractivity contribution in [1.82, 2.24) is 25.4 Å². The van der Waals surface area contributed by atoms with Crippen molar-refractivity contribution in [1.29, 1.82) is 0 Å². The summed E-state index contributed by atoms with van der Waals surface area (Å²) in [5.41, 5.74) is 5.00. The molecule has 4 rings (SSSR count). The SMILES string of the molecule is CN1C[C@@H]2C[C@H]1CN2c1nc(Cl)nc(NNC(=O)[C@@H](CC2CCCC2)CN(O)C=O)c1F. The summed E-state index contributed by atoms with van der Waals surface area (Å²) >= 11 is 6.05. The number of nitrogens with one attached hydrogen (secondary N) is 2. The standard InChI is InChI=1S/C20H29ClFN7O3/c1-27-9-15-7-14(27)10-29(15)18-16(22)17(23-20(21)24-18)25-26-19(31)13(8-28(32)11-30)6-12-4-2-3-5-12/h11-15,32H,2-10H2,1H3,(H,26,31)(H,23,24,25)/t13-,14-,15-/m0/s1. The molecule has 1 aliphatic carbocycles. The van der Waals surface area contributed by atoms with Gasteiger partial charge in [-0.15, -0.1) is 0 Å². The van der Waals surface area contributed by atoms with Crippen molar-refractivity contribution >= 4 is 35.6 Å². The van der Waals surface area contributed by atoms with Gasteiger partial charge in [-0.2, -0.15) is 14.4 Å². The summed E-state index contributed by atoms with van der Waals surface area (Å²) in [5, 5.41) is 9.93. The van der Waals surface area contributed by atoms with Crippen LogP contribution < -0.4 is 15.8 Å². The molecule has 3 fully saturated rings. The Morgan fingerprint density at radius 3 is 2.72 bits per heavy atom. The van der Waals surface area contributed by atoms with Gasteiger partial charge in [-0.25, -0.2) is 5.06 Å². The highest BCUT2D eigenvalue weighted by Gasteiger charge is 2.43. The number of hydrogen-bond donors (Lipinski definition) is 3. The van der Waals surface area contributed by atoms with Crippen LogP contribution in [0.5, 0.6) is 0 Å². The van der Waals surface area contributed by atoms with E-state index in [4.69, 9.17) is 11.6 Å². The number of likely N-dealkylation sites (tertiary alicyclic amines) is 1. The van der Waals surface area contributed by atoms with Crippen molar-refractivity contribution in [2.24, 2.45) is 11.8 Å². The van der Waals surface area contributed by atoms with Crippen LogP contribution in [-0.2, 0) is 9.59 Å². The lowest BCUT2D eigenvalue weighted by molar-refractivity contribution is -0.154. The number of nitrogens with zero attached hydrogens (tertiary/aromatic N) is 5. The Morgan fingerprint density at radius 1 is 1.34 bits per heavy atom. The van der Waals surface area contributed by atoms with Gasteiger partial charge < -0.3 is 4.90 Å². The van der Waals surface area contributed by atoms with E-state index >= 15 is 4.39 Å². The van der Waals surface area contributed by atoms with E-state index in [1.54, 1.807) is 0 Å². The summed E-state index contributed by atoms with van der Waals surface area (Å²) in [4.78, 5) is 35.8. The van der Waals surface area contributed by atoms with Crippen LogP contribution in [0.1, 0.15) is 38.5 Å². The summed E-state index contributed by atoms with van der Waals surface area (Å²) in [6.45, 7) is 1.33. The Kier molecular flexibility index (Phi) is 6.96. The van der Waals surface area contributed by atoms with Crippen LogP contribution in [0.15, 0.2) is 0 Å². The van der Waals surface area contributed by atoms with Gasteiger partial charge >= 0.3 is 0 Å². The average Bonchev–Trinajstić information content (AvgIpc) is 3.50. The summed E-state index contributed by atoms with van der Waals surface area (Å²) in [5.74, 6) is -1.55. The number of hydrogen-bond acceptors (Lipinski definition) is 8. The van der Waals surface area contributed by atoms with Crippen LogP contribution in [0.25, 0.3) is 0 Å². The molecule has 32 heavy (non-hydrogen) atoms. The highest BCUT2D eigenvalue weighted by molar-refractivity contribution is 6.28. The second kappa shape index (κ2) is 9.72. The van der Waals surface area contributed by atoms with Crippen molar-refractivity contribution in [2.75, 3.05) is 37.0 Å². The molecule has 2 saturated heterocycles. The van der Waals surface area contributed by atoms with Crippen molar-refractivity contribution in [2.45, 2.75) is 50.6 Å². The molecule has 3 N–H and O–H groups in total. The van der Waals surface area contributed by atoms with Crippen LogP contribution in [0.4, 0.5) is 16.0 Å². The minimum Gasteiger partial charge on any atom is -0.348 e. The molecule has 3 heterocycles. The number of piperazine rings is 1. The molecule has 2 bridgehead atoms. The maximum atomic E-state index is 15.2. The molecule has 176 valence electrons. The molecule has 12 heteroatoms. The van der Waals surface area contributed by atoms with E-state index in [2.05, 4.69) is 25.7 Å². The lowest BCUT2D eigenvalue weighted by atomic mass is 9.92. The Hall–Kier alpha value is -2.24. The van der Waals surface area contributed by atoms with Crippen molar-refractivity contribution in [3.63, 3.8) is 0 Å². The normalized spacial score (nSPS) is 24.1. The van der Waals surface area contributed by atoms with E-state index in [0.717, 1.165) is 38.6 Å². The third-order valence-corrected chi connectivity index (χ3v) is 7.06. The fraction of sp³-hybridized carbons (Fsp3) is 0.700. The van der Waals surface area contributed by atoms with Crippen LogP contribution in [0, 0.1) is 17.7 Å². The van der Waals surface area contributed by atoms with E-state index in [0.29, 0.717) is 30.0 Å². The minimum absolute atomic E-state index is 0.118. The summed E-state index contributed by atoms with van der Waals surface area (Å²) in [7, 11) is 2.05. The highest BCUT2D eigenvalue weighted by atomic mass is 35.5. The maximum absolute atomic E-state index is 15.2. The summed E-state index contributed by atoms with van der Waals surface area (Å²) < 4.78 is 15.2. The third-order valence-electron chi connectivity index (χ3n) is 6.89. The molecule has 1 saturated carbocycles. The van der Waals surface area contributed by atoms with Crippen LogP contribution in [-0.4, -0.2) is 76.2 Å². The lowest BCUT2D eigenvalue weighted by Crippen LogP contribution is -2.45. The number of hydrazine groups is 1. The summed E-state index contributed by atoms with van der Waals surface area (Å²) in [6, 6.07) is 0.502. The zero-order chi connectivity index (χ0) is 22.8. The zero-order valence-electron chi connectivity index (χ0n) is 18.0. The molecule has 2 aliphatic heterocycles. The van der Waals surface area contributed by atoms with E-state index in [1.165, 1.54) is 0 Å². The highest BCUT2D eigenvalue weighted by Crippen LogP contribution is 2.35. The first kappa shape index (κ1) is 22.9. The number of rotatable bonds is 9. The molecule has 0 radical (unpaired) electrons. The first-order valence-electron chi connectivity index (χ1n) is 11.0. The predicted octanol–water partition coefficient (Wildman–Crippen LogP) is 1.65. The minimum atomic E-state index is -0.686. The number of fused-ring (bicyclic) bond motifs is 2. The second-order valence-electron chi connectivity index (χ2n) is 9.04. The summed E-state index contributed by atoms with van der Waals surface area (Å²) in [6.07, 6.45) is 5.96. The Bertz CT molecular complexity index is 855. The Labute approximate surface area is 191 Å².